The Balaban J connectivity index is 1.71. The Morgan fingerprint density at radius 3 is 1.18 bits per heavy atom. The number of carbonyl (C=O) groups is 4. The first-order chi connectivity index (χ1) is 21.3. The number of allylic oxidation sites excluding steroid dienone is 8. The van der Waals surface area contributed by atoms with Gasteiger partial charge >= 0.3 is 260 Å². The van der Waals surface area contributed by atoms with Crippen molar-refractivity contribution in [3.05, 3.63) is 114 Å². The molecule has 2 aromatic carbocycles. The number of amides is 4. The minimum absolute atomic E-state index is 0.0902. The van der Waals surface area contributed by atoms with Gasteiger partial charge in [0.25, 0.3) is 0 Å². The Bertz CT molecular complexity index is 1800. The summed E-state index contributed by atoms with van der Waals surface area (Å²) in [7, 11) is 0. The Hall–Kier alpha value is -4.41. The van der Waals surface area contributed by atoms with Crippen LogP contribution in [0.2, 0.25) is 0 Å². The van der Waals surface area contributed by atoms with E-state index in [1.165, 1.54) is 27.7 Å². The molecule has 2 aliphatic heterocycles. The molecule has 2 aliphatic carbocycles. The number of halogens is 4. The molecule has 2 aromatic rings. The predicted molar refractivity (Wildman–Crippen MR) is 157 cm³/mol. The van der Waals surface area contributed by atoms with E-state index in [0.29, 0.717) is 17.6 Å². The molecule has 0 aromatic heterocycles. The van der Waals surface area contributed by atoms with E-state index >= 15 is 17.6 Å². The van der Waals surface area contributed by atoms with Crippen LogP contribution in [0, 0.1) is 23.3 Å². The van der Waals surface area contributed by atoms with E-state index in [0.717, 1.165) is 24.3 Å². The van der Waals surface area contributed by atoms with Crippen LogP contribution >= 0.6 is 0 Å². The number of anilines is 2. The van der Waals surface area contributed by atoms with Crippen LogP contribution < -0.4 is 17.5 Å². The van der Waals surface area contributed by atoms with E-state index in [1.807, 2.05) is 0 Å². The first-order valence-electron chi connectivity index (χ1n) is 14.2. The van der Waals surface area contributed by atoms with Crippen molar-refractivity contribution in [3.63, 3.8) is 0 Å². The third-order valence-corrected chi connectivity index (χ3v) is 17.0. The Kier molecular flexibility index (Phi) is 7.41. The minimum atomic E-state index is -5.41. The summed E-state index contributed by atoms with van der Waals surface area (Å²) in [5, 5.41) is 0. The number of rotatable bonds is 6. The predicted octanol–water partition coefficient (Wildman–Crippen LogP) is 5.45. The number of benzene rings is 2. The van der Waals surface area contributed by atoms with Gasteiger partial charge in [0.1, 0.15) is 0 Å². The second-order valence-electron chi connectivity index (χ2n) is 11.3. The number of nitrogens with zero attached hydrogens (tertiary/aromatic N) is 2. The first kappa shape index (κ1) is 30.6. The quantitative estimate of drug-likeness (QED) is 0.237. The van der Waals surface area contributed by atoms with Crippen molar-refractivity contribution in [1.29, 1.82) is 0 Å². The van der Waals surface area contributed by atoms with E-state index in [9.17, 15) is 19.2 Å². The summed E-state index contributed by atoms with van der Waals surface area (Å²) < 4.78 is 66.6. The van der Waals surface area contributed by atoms with Crippen LogP contribution in [0.15, 0.2) is 90.8 Å². The standard InChI is InChI=1S/2C12H8F2NO2.2C5H5.Ti/c2*1-6-7(2)12(17)15(11(6)16)10-4-3-8(13)5-9(10)14;2*1-2-4-5-3-1;/h2*3-4H,1-2H3;2*1-3H,4H2;. The van der Waals surface area contributed by atoms with Gasteiger partial charge in [-0.2, -0.15) is 0 Å². The van der Waals surface area contributed by atoms with Crippen LogP contribution in [0.3, 0.4) is 0 Å². The number of carbonyl (C=O) groups excluding carboxylic acids is 4. The molecule has 45 heavy (non-hydrogen) atoms. The van der Waals surface area contributed by atoms with Gasteiger partial charge in [-0.1, -0.05) is 0 Å². The Labute approximate surface area is 259 Å². The molecule has 0 radical (unpaired) electrons. The van der Waals surface area contributed by atoms with E-state index in [2.05, 4.69) is 0 Å². The molecule has 0 saturated carbocycles. The Morgan fingerprint density at radius 1 is 0.556 bits per heavy atom. The van der Waals surface area contributed by atoms with E-state index in [-0.39, 0.29) is 35.1 Å². The van der Waals surface area contributed by atoms with Crippen LogP contribution in [-0.4, -0.2) is 23.6 Å². The van der Waals surface area contributed by atoms with Gasteiger partial charge in [-0.25, -0.2) is 0 Å². The number of hydrogen-bond donors (Lipinski definition) is 0. The maximum absolute atomic E-state index is 17.1. The monoisotopic (exact) mass is 650 g/mol. The maximum atomic E-state index is 17.1. The van der Waals surface area contributed by atoms with E-state index < -0.39 is 82.6 Å². The molecule has 0 N–H and O–H groups in total. The van der Waals surface area contributed by atoms with Crippen molar-refractivity contribution in [2.24, 2.45) is 0 Å². The van der Waals surface area contributed by atoms with Gasteiger partial charge < -0.3 is 0 Å². The number of imide groups is 2. The molecular weight excluding hydrogens is 624 g/mol. The molecule has 6 rings (SSSR count). The van der Waals surface area contributed by atoms with Crippen molar-refractivity contribution in [2.75, 3.05) is 9.80 Å². The zero-order chi connectivity index (χ0) is 32.5. The summed E-state index contributed by atoms with van der Waals surface area (Å²) in [5.41, 5.74) is -0.717. The van der Waals surface area contributed by atoms with Crippen LogP contribution in [0.25, 0.3) is 0 Å². The van der Waals surface area contributed by atoms with Crippen molar-refractivity contribution >= 4 is 42.7 Å². The molecule has 0 unspecified atom stereocenters. The van der Waals surface area contributed by atoms with E-state index in [1.54, 1.807) is 36.5 Å². The molecule has 2 heterocycles. The van der Waals surface area contributed by atoms with Crippen LogP contribution in [0.1, 0.15) is 40.5 Å². The molecule has 0 bridgehead atoms. The molecule has 4 aliphatic rings. The van der Waals surface area contributed by atoms with Crippen molar-refractivity contribution in [2.45, 2.75) is 40.5 Å². The summed E-state index contributed by atoms with van der Waals surface area (Å²) in [6, 6.07) is 3.72. The summed E-state index contributed by atoms with van der Waals surface area (Å²) >= 11 is -5.41. The van der Waals surface area contributed by atoms with Gasteiger partial charge in [0.05, 0.1) is 0 Å². The Morgan fingerprint density at radius 2 is 0.889 bits per heavy atom. The fourth-order valence-electron chi connectivity index (χ4n) is 6.47. The third kappa shape index (κ3) is 4.19. The van der Waals surface area contributed by atoms with Gasteiger partial charge in [-0.05, 0) is 0 Å². The molecule has 0 saturated heterocycles. The van der Waals surface area contributed by atoms with Crippen molar-refractivity contribution in [1.82, 2.24) is 0 Å². The van der Waals surface area contributed by atoms with Gasteiger partial charge in [0.2, 0.25) is 0 Å². The second-order valence-corrected chi connectivity index (χ2v) is 17.2. The third-order valence-electron chi connectivity index (χ3n) is 9.10. The molecule has 228 valence electrons. The number of hydrogen-bond acceptors (Lipinski definition) is 4. The fraction of sp³-hybridized carbons (Fsp3) is 0.176. The summed E-state index contributed by atoms with van der Waals surface area (Å²) in [6.45, 7) is 5.66. The molecule has 0 atom stereocenters. The van der Waals surface area contributed by atoms with Crippen molar-refractivity contribution < 1.29 is 53.3 Å². The first-order valence-corrected chi connectivity index (χ1v) is 17.3. The normalized spacial score (nSPS) is 18.5. The van der Waals surface area contributed by atoms with Gasteiger partial charge in [-0.15, -0.1) is 0 Å². The van der Waals surface area contributed by atoms with Crippen LogP contribution in [0.5, 0.6) is 0 Å². The van der Waals surface area contributed by atoms with Gasteiger partial charge in [0.15, 0.2) is 0 Å². The SMILES string of the molecule is CC1=C(C)C(=O)N(c2ccc(F)[c]([Ti]([C]3=CC=CC3)([C]3=CC=CC3)[c]3c(F)ccc(N4C(=O)C(C)=C(C)C4=O)c3F)c2F)C1=O. The average molecular weight is 650 g/mol. The second kappa shape index (κ2) is 10.9. The summed E-state index contributed by atoms with van der Waals surface area (Å²) in [5.74, 6) is -7.96. The fourth-order valence-corrected chi connectivity index (χ4v) is 14.7. The molecule has 11 heteroatoms. The van der Waals surface area contributed by atoms with Crippen LogP contribution in [0.4, 0.5) is 28.9 Å². The molecule has 0 fully saturated rings. The zero-order valence-corrected chi connectivity index (χ0v) is 26.3. The van der Waals surface area contributed by atoms with Crippen LogP contribution in [-0.2, 0) is 35.8 Å². The van der Waals surface area contributed by atoms with E-state index in [4.69, 9.17) is 0 Å². The zero-order valence-electron chi connectivity index (χ0n) is 24.7. The summed E-state index contributed by atoms with van der Waals surface area (Å²) in [6.07, 6.45) is 10.1. The van der Waals surface area contributed by atoms with Gasteiger partial charge in [-0.3, -0.25) is 0 Å². The average Bonchev–Trinajstić information content (AvgIpc) is 3.81. The molecule has 4 amide bonds. The van der Waals surface area contributed by atoms with Crippen molar-refractivity contribution in [3.8, 4) is 0 Å². The summed E-state index contributed by atoms with van der Waals surface area (Å²) in [4.78, 5) is 53.6. The molecule has 0 spiro atoms. The van der Waals surface area contributed by atoms with Gasteiger partial charge in [0, 0.05) is 0 Å². The molecular formula is C34H26F4N2O4Ti. The molecule has 6 nitrogen and oxygen atoms in total. The topological polar surface area (TPSA) is 74.8 Å².